The molecule has 2 aromatic heterocycles. The summed E-state index contributed by atoms with van der Waals surface area (Å²) in [6.07, 6.45) is 0. The summed E-state index contributed by atoms with van der Waals surface area (Å²) in [6, 6.07) is 11.1. The number of para-hydroxylation sites is 1. The minimum atomic E-state index is -1.22. The van der Waals surface area contributed by atoms with E-state index in [1.54, 1.807) is 24.3 Å². The van der Waals surface area contributed by atoms with Gasteiger partial charge in [-0.25, -0.2) is 4.79 Å². The van der Waals surface area contributed by atoms with Crippen LogP contribution in [0.15, 0.2) is 57.2 Å². The number of carbonyl (C=O) groups is 2. The Hall–Kier alpha value is -3.47. The number of benzene rings is 2. The first kappa shape index (κ1) is 23.2. The molecular weight excluding hydrogens is 450 g/mol. The fourth-order valence-corrected chi connectivity index (χ4v) is 4.32. The van der Waals surface area contributed by atoms with Crippen LogP contribution in [0.1, 0.15) is 34.6 Å². The Morgan fingerprint density at radius 1 is 1.16 bits per heavy atom. The van der Waals surface area contributed by atoms with Gasteiger partial charge in [0.05, 0.1) is 10.6 Å². The molecule has 166 valence electrons. The van der Waals surface area contributed by atoms with Crippen molar-refractivity contribution in [1.82, 2.24) is 0 Å². The Kier molecular flexibility index (Phi) is 7.08. The molecule has 0 unspecified atom stereocenters. The number of carbonyl (C=O) groups excluding carboxylic acids is 1. The van der Waals surface area contributed by atoms with Crippen molar-refractivity contribution in [2.24, 2.45) is 5.14 Å². The van der Waals surface area contributed by atoms with E-state index >= 15 is 0 Å². The molecule has 4 rings (SSSR count). The van der Waals surface area contributed by atoms with E-state index in [1.165, 1.54) is 23.6 Å². The summed E-state index contributed by atoms with van der Waals surface area (Å²) in [7, 11) is 0. The van der Waals surface area contributed by atoms with Crippen molar-refractivity contribution in [3.8, 4) is 16.4 Å². The number of anilines is 2. The molecule has 32 heavy (non-hydrogen) atoms. The van der Waals surface area contributed by atoms with Crippen LogP contribution in [-0.4, -0.2) is 22.1 Å². The van der Waals surface area contributed by atoms with Gasteiger partial charge in [0, 0.05) is 26.9 Å². The molecule has 0 spiro atoms. The lowest BCUT2D eigenvalue weighted by Gasteiger charge is -2.08. The molecule has 0 aliphatic heterocycles. The summed E-state index contributed by atoms with van der Waals surface area (Å²) in [5.74, 6) is -1.48. The summed E-state index contributed by atoms with van der Waals surface area (Å²) in [5, 5.41) is 30.0. The second-order valence-electron chi connectivity index (χ2n) is 6.29. The van der Waals surface area contributed by atoms with Crippen LogP contribution in [-0.2, 0) is 0 Å². The number of phenols is 1. The first-order chi connectivity index (χ1) is 15.4. The highest BCUT2D eigenvalue weighted by Gasteiger charge is 2.24. The van der Waals surface area contributed by atoms with Crippen LogP contribution in [0.5, 0.6) is 5.75 Å². The van der Waals surface area contributed by atoms with Crippen LogP contribution in [0.3, 0.4) is 0 Å². The summed E-state index contributed by atoms with van der Waals surface area (Å²) < 4.78 is 5.68. The maximum absolute atomic E-state index is 12.7. The van der Waals surface area contributed by atoms with E-state index in [1.807, 2.05) is 13.8 Å². The molecule has 4 aromatic rings. The molecular formula is C22H21N3O5S2. The van der Waals surface area contributed by atoms with E-state index in [2.05, 4.69) is 5.32 Å². The highest BCUT2D eigenvalue weighted by molar-refractivity contribution is 7.97. The summed E-state index contributed by atoms with van der Waals surface area (Å²) >= 11 is 2.03. The van der Waals surface area contributed by atoms with Gasteiger partial charge in [0.2, 0.25) is 0 Å². The molecule has 7 N–H and O–H groups in total. The minimum absolute atomic E-state index is 0.0439. The van der Waals surface area contributed by atoms with E-state index in [-0.39, 0.29) is 33.9 Å². The molecule has 0 atom stereocenters. The molecule has 0 aliphatic rings. The summed E-state index contributed by atoms with van der Waals surface area (Å²) in [6.45, 7) is 4.00. The van der Waals surface area contributed by atoms with Crippen LogP contribution in [0, 0.1) is 0 Å². The zero-order chi connectivity index (χ0) is 23.4. The second-order valence-corrected chi connectivity index (χ2v) is 7.84. The maximum Gasteiger partial charge on any atom is 0.339 e. The summed E-state index contributed by atoms with van der Waals surface area (Å²) in [5.41, 5.74) is 6.81. The van der Waals surface area contributed by atoms with Crippen LogP contribution in [0.2, 0.25) is 0 Å². The molecule has 10 heteroatoms. The van der Waals surface area contributed by atoms with Crippen molar-refractivity contribution in [3.63, 3.8) is 0 Å². The van der Waals surface area contributed by atoms with Gasteiger partial charge in [-0.1, -0.05) is 26.0 Å². The third kappa shape index (κ3) is 4.42. The number of nitrogen functional groups attached to an aromatic ring is 1. The van der Waals surface area contributed by atoms with Gasteiger partial charge in [0.25, 0.3) is 5.91 Å². The number of amides is 1. The predicted octanol–water partition coefficient (Wildman–Crippen LogP) is 5.39. The first-order valence-electron chi connectivity index (χ1n) is 9.53. The van der Waals surface area contributed by atoms with E-state index < -0.39 is 11.9 Å². The Morgan fingerprint density at radius 3 is 2.56 bits per heavy atom. The molecule has 0 saturated heterocycles. The number of hydrogen-bond acceptors (Lipinski definition) is 8. The Labute approximate surface area is 192 Å². The molecule has 0 fully saturated rings. The number of rotatable bonds is 5. The average molecular weight is 472 g/mol. The fourth-order valence-electron chi connectivity index (χ4n) is 2.98. The number of carboxylic acid groups (broad SMARTS) is 1. The number of nitrogens with one attached hydrogen (secondary N) is 1. The van der Waals surface area contributed by atoms with Crippen molar-refractivity contribution in [2.75, 3.05) is 11.1 Å². The topological polar surface area (TPSA) is 152 Å². The smallest absolute Gasteiger partial charge is 0.339 e. The van der Waals surface area contributed by atoms with Crippen molar-refractivity contribution in [1.29, 1.82) is 0 Å². The van der Waals surface area contributed by atoms with E-state index in [9.17, 15) is 19.8 Å². The van der Waals surface area contributed by atoms with Crippen molar-refractivity contribution < 1.29 is 24.2 Å². The van der Waals surface area contributed by atoms with Crippen molar-refractivity contribution in [3.05, 3.63) is 59.0 Å². The quantitative estimate of drug-likeness (QED) is 0.192. The van der Waals surface area contributed by atoms with Gasteiger partial charge in [-0.15, -0.1) is 11.3 Å². The Morgan fingerprint density at radius 2 is 1.91 bits per heavy atom. The van der Waals surface area contributed by atoms with Gasteiger partial charge < -0.3 is 25.7 Å². The number of hydrogen-bond donors (Lipinski definition) is 5. The maximum atomic E-state index is 12.7. The number of carboxylic acids is 1. The SMILES string of the molecule is CC.NSc1cc(C(=O)Nc2csc(-c3cc4cccc(O)c4o3)c2C(=O)O)ccc1N. The van der Waals surface area contributed by atoms with Crippen LogP contribution in [0.25, 0.3) is 21.6 Å². The largest absolute Gasteiger partial charge is 0.504 e. The molecule has 0 saturated carbocycles. The lowest BCUT2D eigenvalue weighted by Crippen LogP contribution is -2.14. The lowest BCUT2D eigenvalue weighted by molar-refractivity contribution is 0.0699. The average Bonchev–Trinajstić information content (AvgIpc) is 3.40. The van der Waals surface area contributed by atoms with Crippen molar-refractivity contribution in [2.45, 2.75) is 18.7 Å². The van der Waals surface area contributed by atoms with Crippen molar-refractivity contribution >= 4 is 57.5 Å². The summed E-state index contributed by atoms with van der Waals surface area (Å²) in [4.78, 5) is 25.5. The van der Waals surface area contributed by atoms with Gasteiger partial charge in [0.15, 0.2) is 11.3 Å². The molecule has 0 aliphatic carbocycles. The molecule has 1 amide bonds. The fraction of sp³-hybridized carbons (Fsp3) is 0.0909. The van der Waals surface area contributed by atoms with E-state index in [4.69, 9.17) is 15.3 Å². The third-order valence-electron chi connectivity index (χ3n) is 4.40. The standard InChI is InChI=1S/C20H15N3O5S2.C2H6/c21-11-5-4-10(7-15(11)30-22)19(25)23-12-8-29-18(16(12)20(26)27)14-6-9-2-1-3-13(24)17(9)28-14;1-2/h1-8,24H,21-22H2,(H,23,25)(H,26,27);1-2H3. The number of furan rings is 1. The van der Waals surface area contributed by atoms with Gasteiger partial charge in [-0.2, -0.15) is 0 Å². The normalized spacial score (nSPS) is 10.5. The van der Waals surface area contributed by atoms with E-state index in [0.29, 0.717) is 20.8 Å². The van der Waals surface area contributed by atoms with Crippen LogP contribution >= 0.6 is 23.3 Å². The minimum Gasteiger partial charge on any atom is -0.504 e. The number of nitrogens with two attached hydrogens (primary N) is 2. The molecule has 8 nitrogen and oxygen atoms in total. The van der Waals surface area contributed by atoms with Gasteiger partial charge >= 0.3 is 5.97 Å². The van der Waals surface area contributed by atoms with Gasteiger partial charge in [-0.3, -0.25) is 9.93 Å². The van der Waals surface area contributed by atoms with Crippen LogP contribution < -0.4 is 16.2 Å². The number of aromatic carboxylic acids is 1. The van der Waals surface area contributed by atoms with Gasteiger partial charge in [-0.05, 0) is 42.3 Å². The van der Waals surface area contributed by atoms with Crippen LogP contribution in [0.4, 0.5) is 11.4 Å². The zero-order valence-electron chi connectivity index (χ0n) is 17.2. The molecule has 2 heterocycles. The number of thiophene rings is 1. The molecule has 0 bridgehead atoms. The number of phenolic OH excluding ortho intramolecular Hbond substituents is 1. The Balaban J connectivity index is 0.00000141. The first-order valence-corrected chi connectivity index (χ1v) is 11.3. The lowest BCUT2D eigenvalue weighted by atomic mass is 10.1. The zero-order valence-corrected chi connectivity index (χ0v) is 18.8. The highest BCUT2D eigenvalue weighted by atomic mass is 32.2. The third-order valence-corrected chi connectivity index (χ3v) is 6.00. The predicted molar refractivity (Wildman–Crippen MR) is 128 cm³/mol. The van der Waals surface area contributed by atoms with E-state index in [0.717, 1.165) is 23.3 Å². The van der Waals surface area contributed by atoms with Gasteiger partial charge in [0.1, 0.15) is 11.3 Å². The monoisotopic (exact) mass is 471 g/mol. The molecule has 2 aromatic carbocycles. The Bertz CT molecular complexity index is 1300. The highest BCUT2D eigenvalue weighted by Crippen LogP contribution is 2.40. The molecule has 0 radical (unpaired) electrons. The number of fused-ring (bicyclic) bond motifs is 1. The number of aromatic hydroxyl groups is 1. The second kappa shape index (κ2) is 9.77.